The summed E-state index contributed by atoms with van der Waals surface area (Å²) in [6.45, 7) is 1.42. The fourth-order valence-electron chi connectivity index (χ4n) is 2.29. The molecule has 22 heavy (non-hydrogen) atoms. The maximum absolute atomic E-state index is 11.7. The largest absolute Gasteiger partial charge is 0.394 e. The van der Waals surface area contributed by atoms with E-state index >= 15 is 0 Å². The lowest BCUT2D eigenvalue weighted by Gasteiger charge is -2.24. The third-order valence-electron chi connectivity index (χ3n) is 3.86. The average molecular weight is 320 g/mol. The highest BCUT2D eigenvalue weighted by Gasteiger charge is 2.33. The first-order chi connectivity index (χ1) is 10.5. The lowest BCUT2D eigenvalue weighted by atomic mass is 9.97. The number of unbranched alkanes of at least 4 members (excludes halogenated alkanes) is 7. The molecule has 0 bridgehead atoms. The monoisotopic (exact) mass is 320 g/mol. The van der Waals surface area contributed by atoms with Crippen molar-refractivity contribution in [2.45, 2.75) is 89.1 Å². The number of carbonyl (C=O) groups is 1. The molecular weight excluding hydrogens is 288 g/mol. The molecule has 6 heteroatoms. The number of ketones is 1. The van der Waals surface area contributed by atoms with Gasteiger partial charge in [-0.05, 0) is 6.42 Å². The van der Waals surface area contributed by atoms with Gasteiger partial charge in [-0.15, -0.1) is 0 Å². The van der Waals surface area contributed by atoms with Crippen molar-refractivity contribution in [3.8, 4) is 0 Å². The second kappa shape index (κ2) is 13.0. The van der Waals surface area contributed by atoms with E-state index in [0.717, 1.165) is 19.3 Å². The summed E-state index contributed by atoms with van der Waals surface area (Å²) < 4.78 is 0. The minimum atomic E-state index is -1.79. The van der Waals surface area contributed by atoms with Crippen molar-refractivity contribution in [3.63, 3.8) is 0 Å². The van der Waals surface area contributed by atoms with Crippen molar-refractivity contribution in [1.29, 1.82) is 0 Å². The normalized spacial score (nSPS) is 17.0. The molecule has 0 aromatic carbocycles. The Morgan fingerprint density at radius 1 is 0.818 bits per heavy atom. The lowest BCUT2D eigenvalue weighted by molar-refractivity contribution is -0.147. The molecule has 0 radical (unpaired) electrons. The van der Waals surface area contributed by atoms with Crippen LogP contribution in [0.15, 0.2) is 0 Å². The molecule has 0 amide bonds. The standard InChI is InChI=1S/C16H32O6/c1-2-3-4-5-6-7-8-9-10-12(18)14(20)16(22)15(21)13(19)11-17/h13-17,19-22H,2-11H2,1H3/t13-,14+,15+,16-/m1/s1. The smallest absolute Gasteiger partial charge is 0.164 e. The van der Waals surface area contributed by atoms with E-state index in [1.807, 2.05) is 0 Å². The Hall–Kier alpha value is -0.530. The minimum absolute atomic E-state index is 0.134. The van der Waals surface area contributed by atoms with Crippen molar-refractivity contribution < 1.29 is 30.3 Å². The van der Waals surface area contributed by atoms with Gasteiger partial charge in [-0.3, -0.25) is 4.79 Å². The summed E-state index contributed by atoms with van der Waals surface area (Å²) in [5.74, 6) is -0.553. The molecule has 6 nitrogen and oxygen atoms in total. The number of carbonyl (C=O) groups excluding carboxylic acids is 1. The summed E-state index contributed by atoms with van der Waals surface area (Å²) >= 11 is 0. The summed E-state index contributed by atoms with van der Waals surface area (Å²) in [4.78, 5) is 11.7. The summed E-state index contributed by atoms with van der Waals surface area (Å²) in [6, 6.07) is 0. The van der Waals surface area contributed by atoms with Gasteiger partial charge in [0.2, 0.25) is 0 Å². The van der Waals surface area contributed by atoms with E-state index in [9.17, 15) is 25.2 Å². The Kier molecular flexibility index (Phi) is 12.6. The van der Waals surface area contributed by atoms with E-state index < -0.39 is 36.8 Å². The Balaban J connectivity index is 3.82. The molecule has 0 aliphatic rings. The van der Waals surface area contributed by atoms with E-state index in [4.69, 9.17) is 5.11 Å². The molecule has 0 aliphatic carbocycles. The van der Waals surface area contributed by atoms with Crippen LogP contribution < -0.4 is 0 Å². The van der Waals surface area contributed by atoms with E-state index in [2.05, 4.69) is 6.92 Å². The number of hydrogen-bond donors (Lipinski definition) is 5. The summed E-state index contributed by atoms with van der Waals surface area (Å²) in [5.41, 5.74) is 0. The van der Waals surface area contributed by atoms with Crippen LogP contribution in [0.5, 0.6) is 0 Å². The fraction of sp³-hybridized carbons (Fsp3) is 0.938. The Bertz CT molecular complexity index is 284. The predicted molar refractivity (Wildman–Crippen MR) is 83.3 cm³/mol. The van der Waals surface area contributed by atoms with Crippen molar-refractivity contribution in [2.75, 3.05) is 6.61 Å². The van der Waals surface area contributed by atoms with Crippen LogP contribution in [0, 0.1) is 0 Å². The van der Waals surface area contributed by atoms with Crippen LogP contribution in [-0.2, 0) is 4.79 Å². The highest BCUT2D eigenvalue weighted by atomic mass is 16.4. The van der Waals surface area contributed by atoms with Gasteiger partial charge in [-0.25, -0.2) is 0 Å². The van der Waals surface area contributed by atoms with E-state index in [1.54, 1.807) is 0 Å². The fourth-order valence-corrected chi connectivity index (χ4v) is 2.29. The van der Waals surface area contributed by atoms with Gasteiger partial charge in [0.05, 0.1) is 6.61 Å². The first-order valence-electron chi connectivity index (χ1n) is 8.31. The first kappa shape index (κ1) is 21.5. The number of aliphatic hydroxyl groups is 5. The molecular formula is C16H32O6. The van der Waals surface area contributed by atoms with Crippen LogP contribution in [-0.4, -0.2) is 62.3 Å². The zero-order chi connectivity index (χ0) is 17.0. The number of aliphatic hydroxyl groups excluding tert-OH is 5. The molecule has 0 spiro atoms. The van der Waals surface area contributed by atoms with Crippen LogP contribution >= 0.6 is 0 Å². The van der Waals surface area contributed by atoms with Gasteiger partial charge in [0.1, 0.15) is 24.4 Å². The molecule has 0 heterocycles. The molecule has 0 rings (SSSR count). The van der Waals surface area contributed by atoms with E-state index in [1.165, 1.54) is 25.7 Å². The Labute approximate surface area is 132 Å². The highest BCUT2D eigenvalue weighted by Crippen LogP contribution is 2.12. The molecule has 0 unspecified atom stereocenters. The second-order valence-corrected chi connectivity index (χ2v) is 5.87. The second-order valence-electron chi connectivity index (χ2n) is 5.87. The molecule has 4 atom stereocenters. The van der Waals surface area contributed by atoms with Crippen LogP contribution in [0.25, 0.3) is 0 Å². The van der Waals surface area contributed by atoms with Crippen molar-refractivity contribution in [3.05, 3.63) is 0 Å². The number of Topliss-reactive ketones (excluding diaryl/α,β-unsaturated/α-hetero) is 1. The van der Waals surface area contributed by atoms with Gasteiger partial charge in [0.25, 0.3) is 0 Å². The van der Waals surface area contributed by atoms with Crippen LogP contribution in [0.2, 0.25) is 0 Å². The lowest BCUT2D eigenvalue weighted by Crippen LogP contribution is -2.48. The van der Waals surface area contributed by atoms with Gasteiger partial charge in [-0.2, -0.15) is 0 Å². The average Bonchev–Trinajstić information content (AvgIpc) is 2.54. The van der Waals surface area contributed by atoms with Crippen molar-refractivity contribution in [1.82, 2.24) is 0 Å². The predicted octanol–water partition coefficient (Wildman–Crippen LogP) is 0.522. The van der Waals surface area contributed by atoms with Crippen LogP contribution in [0.4, 0.5) is 0 Å². The topological polar surface area (TPSA) is 118 Å². The Morgan fingerprint density at radius 3 is 1.82 bits per heavy atom. The molecule has 0 aromatic rings. The third-order valence-corrected chi connectivity index (χ3v) is 3.86. The third kappa shape index (κ3) is 8.80. The molecule has 0 saturated heterocycles. The minimum Gasteiger partial charge on any atom is -0.394 e. The van der Waals surface area contributed by atoms with Gasteiger partial charge in [0, 0.05) is 6.42 Å². The zero-order valence-electron chi connectivity index (χ0n) is 13.5. The molecule has 132 valence electrons. The van der Waals surface area contributed by atoms with E-state index in [0.29, 0.717) is 6.42 Å². The van der Waals surface area contributed by atoms with Gasteiger partial charge in [-0.1, -0.05) is 51.9 Å². The zero-order valence-corrected chi connectivity index (χ0v) is 13.5. The quantitative estimate of drug-likeness (QED) is 0.298. The maximum atomic E-state index is 11.7. The van der Waals surface area contributed by atoms with Crippen molar-refractivity contribution in [2.24, 2.45) is 0 Å². The number of hydrogen-bond acceptors (Lipinski definition) is 6. The van der Waals surface area contributed by atoms with E-state index in [-0.39, 0.29) is 6.42 Å². The summed E-state index contributed by atoms with van der Waals surface area (Å²) in [5, 5.41) is 46.5. The molecule has 0 saturated carbocycles. The molecule has 5 N–H and O–H groups in total. The molecule has 0 aliphatic heterocycles. The van der Waals surface area contributed by atoms with Crippen LogP contribution in [0.3, 0.4) is 0 Å². The van der Waals surface area contributed by atoms with Gasteiger partial charge in [0.15, 0.2) is 5.78 Å². The summed E-state index contributed by atoms with van der Waals surface area (Å²) in [7, 11) is 0. The highest BCUT2D eigenvalue weighted by molar-refractivity contribution is 5.83. The first-order valence-corrected chi connectivity index (χ1v) is 8.31. The SMILES string of the molecule is CCCCCCCCCCC(=O)[C@H](O)[C@@H](O)[C@@H](O)[C@H](O)CO. The van der Waals surface area contributed by atoms with Gasteiger partial charge < -0.3 is 25.5 Å². The van der Waals surface area contributed by atoms with Crippen molar-refractivity contribution >= 4 is 5.78 Å². The Morgan fingerprint density at radius 2 is 1.32 bits per heavy atom. The van der Waals surface area contributed by atoms with Gasteiger partial charge >= 0.3 is 0 Å². The number of rotatable bonds is 14. The van der Waals surface area contributed by atoms with Crippen LogP contribution in [0.1, 0.15) is 64.7 Å². The molecule has 0 fully saturated rings. The maximum Gasteiger partial charge on any atom is 0.164 e. The summed E-state index contributed by atoms with van der Waals surface area (Å²) in [6.07, 6.45) is 1.90. The molecule has 0 aromatic heterocycles.